The fourth-order valence-corrected chi connectivity index (χ4v) is 3.49. The van der Waals surface area contributed by atoms with E-state index >= 15 is 0 Å². The minimum absolute atomic E-state index is 0.0324. The summed E-state index contributed by atoms with van der Waals surface area (Å²) >= 11 is 0. The molecule has 1 aliphatic rings. The van der Waals surface area contributed by atoms with Crippen molar-refractivity contribution < 1.29 is 9.90 Å². The van der Waals surface area contributed by atoms with Crippen LogP contribution >= 0.6 is 0 Å². The second-order valence-electron chi connectivity index (χ2n) is 7.06. The second kappa shape index (κ2) is 8.27. The molecule has 1 aromatic carbocycles. The Morgan fingerprint density at radius 2 is 1.92 bits per heavy atom. The molecule has 0 aliphatic carbocycles. The van der Waals surface area contributed by atoms with Crippen molar-refractivity contribution in [1.29, 1.82) is 0 Å². The Hall–Kier alpha value is -2.47. The van der Waals surface area contributed by atoms with Crippen molar-refractivity contribution in [1.82, 2.24) is 14.9 Å². The number of hydrogen-bond acceptors (Lipinski definition) is 5. The number of rotatable bonds is 7. The molecular weight excluding hydrogens is 328 g/mol. The Morgan fingerprint density at radius 3 is 2.50 bits per heavy atom. The van der Waals surface area contributed by atoms with Gasteiger partial charge in [0.15, 0.2) is 5.69 Å². The third kappa shape index (κ3) is 4.58. The Balaban J connectivity index is 1.53. The predicted molar refractivity (Wildman–Crippen MR) is 101 cm³/mol. The number of nitrogens with one attached hydrogen (secondary N) is 1. The number of hydrogen-bond donors (Lipinski definition) is 2. The number of nitrogens with zero attached hydrogens (tertiary/aromatic N) is 3. The third-order valence-corrected chi connectivity index (χ3v) is 5.43. The van der Waals surface area contributed by atoms with E-state index in [1.165, 1.54) is 18.0 Å². The first kappa shape index (κ1) is 18.3. The van der Waals surface area contributed by atoms with Crippen LogP contribution in [0.4, 0.5) is 5.82 Å². The predicted octanol–water partition coefficient (Wildman–Crippen LogP) is 3.28. The van der Waals surface area contributed by atoms with Crippen LogP contribution in [0.5, 0.6) is 0 Å². The van der Waals surface area contributed by atoms with E-state index in [9.17, 15) is 4.79 Å². The molecule has 0 amide bonds. The quantitative estimate of drug-likeness (QED) is 0.794. The normalized spacial score (nSPS) is 17.0. The zero-order chi connectivity index (χ0) is 18.4. The Kier molecular flexibility index (Phi) is 5.83. The van der Waals surface area contributed by atoms with E-state index in [-0.39, 0.29) is 11.1 Å². The average Bonchev–Trinajstić information content (AvgIpc) is 2.69. The smallest absolute Gasteiger partial charge is 0.356 e. The number of carbonyl (C=O) groups is 1. The summed E-state index contributed by atoms with van der Waals surface area (Å²) in [4.78, 5) is 21.4. The summed E-state index contributed by atoms with van der Waals surface area (Å²) in [5.41, 5.74) is 1.58. The van der Waals surface area contributed by atoms with Crippen molar-refractivity contribution in [3.8, 4) is 0 Å². The zero-order valence-corrected chi connectivity index (χ0v) is 15.2. The molecule has 1 fully saturated rings. The van der Waals surface area contributed by atoms with Crippen LogP contribution in [0.1, 0.15) is 42.2 Å². The van der Waals surface area contributed by atoms with Crippen LogP contribution in [-0.2, 0) is 6.54 Å². The van der Waals surface area contributed by atoms with E-state index in [2.05, 4.69) is 57.4 Å². The number of carboxylic acids is 1. The number of aromatic carboxylic acids is 1. The van der Waals surface area contributed by atoms with Gasteiger partial charge < -0.3 is 10.4 Å². The number of likely N-dealkylation sites (tertiary alicyclic amines) is 1. The van der Waals surface area contributed by atoms with E-state index in [1.54, 1.807) is 0 Å². The first-order valence-corrected chi connectivity index (χ1v) is 9.16. The van der Waals surface area contributed by atoms with E-state index in [4.69, 9.17) is 5.11 Å². The summed E-state index contributed by atoms with van der Waals surface area (Å²) in [6.07, 6.45) is 6.19. The van der Waals surface area contributed by atoms with Gasteiger partial charge in [-0.1, -0.05) is 37.3 Å². The van der Waals surface area contributed by atoms with Crippen LogP contribution in [-0.4, -0.2) is 45.6 Å². The summed E-state index contributed by atoms with van der Waals surface area (Å²) in [6, 6.07) is 10.6. The van der Waals surface area contributed by atoms with Crippen LogP contribution in [0.3, 0.4) is 0 Å². The number of piperidine rings is 1. The minimum atomic E-state index is -1.06. The van der Waals surface area contributed by atoms with E-state index in [0.717, 1.165) is 45.4 Å². The summed E-state index contributed by atoms with van der Waals surface area (Å²) in [5, 5.41) is 12.2. The first-order valence-electron chi connectivity index (χ1n) is 9.16. The first-order chi connectivity index (χ1) is 12.6. The highest BCUT2D eigenvalue weighted by Crippen LogP contribution is 2.35. The maximum absolute atomic E-state index is 10.8. The van der Waals surface area contributed by atoms with Crippen molar-refractivity contribution in [3.05, 3.63) is 54.0 Å². The molecule has 0 spiro atoms. The van der Waals surface area contributed by atoms with Gasteiger partial charge in [0, 0.05) is 13.1 Å². The molecule has 2 heterocycles. The number of aromatic nitrogens is 2. The zero-order valence-electron chi connectivity index (χ0n) is 15.2. The van der Waals surface area contributed by atoms with Gasteiger partial charge in [0.05, 0.1) is 12.4 Å². The maximum Gasteiger partial charge on any atom is 0.356 e. The molecule has 26 heavy (non-hydrogen) atoms. The molecular formula is C20H26N4O2. The van der Waals surface area contributed by atoms with Gasteiger partial charge in [-0.15, -0.1) is 0 Å². The molecule has 1 aliphatic heterocycles. The van der Waals surface area contributed by atoms with Crippen LogP contribution in [0.25, 0.3) is 0 Å². The second-order valence-corrected chi connectivity index (χ2v) is 7.06. The maximum atomic E-state index is 10.8. The van der Waals surface area contributed by atoms with Crippen LogP contribution in [0.2, 0.25) is 0 Å². The molecule has 6 nitrogen and oxygen atoms in total. The fraction of sp³-hybridized carbons (Fsp3) is 0.450. The SMILES string of the molecule is CCC1(CNc2cnc(C(=O)O)cn2)CCN(Cc2ccccc2)CC1. The van der Waals surface area contributed by atoms with Crippen LogP contribution in [0, 0.1) is 5.41 Å². The number of anilines is 1. The summed E-state index contributed by atoms with van der Waals surface area (Å²) in [5.74, 6) is -0.422. The van der Waals surface area contributed by atoms with Crippen molar-refractivity contribution in [2.75, 3.05) is 25.0 Å². The standard InChI is InChI=1S/C20H26N4O2/c1-2-20(15-23-18-13-21-17(12-22-18)19(25)26)8-10-24(11-9-20)14-16-6-4-3-5-7-16/h3-7,12-13H,2,8-11,14-15H2,1H3,(H,22,23)(H,25,26). The molecule has 0 radical (unpaired) electrons. The number of carboxylic acid groups (broad SMARTS) is 1. The molecule has 1 aromatic heterocycles. The van der Waals surface area contributed by atoms with Gasteiger partial charge in [0.2, 0.25) is 0 Å². The molecule has 2 aromatic rings. The van der Waals surface area contributed by atoms with Crippen molar-refractivity contribution in [2.24, 2.45) is 5.41 Å². The Bertz CT molecular complexity index is 710. The van der Waals surface area contributed by atoms with Gasteiger partial charge in [-0.3, -0.25) is 4.90 Å². The van der Waals surface area contributed by atoms with Gasteiger partial charge in [-0.25, -0.2) is 14.8 Å². The van der Waals surface area contributed by atoms with Gasteiger partial charge in [0.1, 0.15) is 5.82 Å². The van der Waals surface area contributed by atoms with Gasteiger partial charge >= 0.3 is 5.97 Å². The molecule has 0 saturated carbocycles. The lowest BCUT2D eigenvalue weighted by molar-refractivity contribution is 0.0690. The van der Waals surface area contributed by atoms with Crippen molar-refractivity contribution in [3.63, 3.8) is 0 Å². The fourth-order valence-electron chi connectivity index (χ4n) is 3.49. The Labute approximate surface area is 154 Å². The molecule has 0 bridgehead atoms. The van der Waals surface area contributed by atoms with Crippen molar-refractivity contribution in [2.45, 2.75) is 32.7 Å². The lowest BCUT2D eigenvalue weighted by atomic mass is 9.76. The largest absolute Gasteiger partial charge is 0.476 e. The minimum Gasteiger partial charge on any atom is -0.476 e. The van der Waals surface area contributed by atoms with Crippen molar-refractivity contribution >= 4 is 11.8 Å². The van der Waals surface area contributed by atoms with Gasteiger partial charge in [-0.05, 0) is 43.3 Å². The lowest BCUT2D eigenvalue weighted by Gasteiger charge is -2.41. The highest BCUT2D eigenvalue weighted by atomic mass is 16.4. The highest BCUT2D eigenvalue weighted by Gasteiger charge is 2.32. The third-order valence-electron chi connectivity index (χ3n) is 5.43. The van der Waals surface area contributed by atoms with Gasteiger partial charge in [0.25, 0.3) is 0 Å². The van der Waals surface area contributed by atoms with E-state index in [1.807, 2.05) is 0 Å². The van der Waals surface area contributed by atoms with E-state index in [0.29, 0.717) is 5.82 Å². The van der Waals surface area contributed by atoms with Crippen LogP contribution < -0.4 is 5.32 Å². The van der Waals surface area contributed by atoms with Gasteiger partial charge in [-0.2, -0.15) is 0 Å². The molecule has 0 atom stereocenters. The summed E-state index contributed by atoms with van der Waals surface area (Å²) < 4.78 is 0. The summed E-state index contributed by atoms with van der Waals surface area (Å²) in [6.45, 7) is 6.27. The van der Waals surface area contributed by atoms with E-state index < -0.39 is 5.97 Å². The molecule has 1 saturated heterocycles. The molecule has 138 valence electrons. The molecule has 2 N–H and O–H groups in total. The number of benzene rings is 1. The highest BCUT2D eigenvalue weighted by molar-refractivity contribution is 5.84. The van der Waals surface area contributed by atoms with Crippen LogP contribution in [0.15, 0.2) is 42.7 Å². The summed E-state index contributed by atoms with van der Waals surface area (Å²) in [7, 11) is 0. The monoisotopic (exact) mass is 354 g/mol. The molecule has 3 rings (SSSR count). The Morgan fingerprint density at radius 1 is 1.19 bits per heavy atom. The lowest BCUT2D eigenvalue weighted by Crippen LogP contribution is -2.43. The average molecular weight is 354 g/mol. The molecule has 0 unspecified atom stereocenters. The topological polar surface area (TPSA) is 78.3 Å². The molecule has 6 heteroatoms.